The largest absolute Gasteiger partial charge is 0.487 e. The molecule has 0 saturated carbocycles. The van der Waals surface area contributed by atoms with Crippen molar-refractivity contribution in [1.29, 1.82) is 0 Å². The Balaban J connectivity index is 1.30. The number of urea groups is 1. The molecule has 6 heteroatoms. The molecule has 0 radical (unpaired) electrons. The molecule has 2 heterocycles. The van der Waals surface area contributed by atoms with Crippen LogP contribution in [0.15, 0.2) is 48.5 Å². The normalized spacial score (nSPS) is 18.8. The van der Waals surface area contributed by atoms with Crippen molar-refractivity contribution in [2.24, 2.45) is 5.92 Å². The van der Waals surface area contributed by atoms with Gasteiger partial charge in [0.1, 0.15) is 11.9 Å². The first-order chi connectivity index (χ1) is 15.0. The first-order valence-electron chi connectivity index (χ1n) is 11.2. The topological polar surface area (TPSA) is 61.9 Å². The van der Waals surface area contributed by atoms with Gasteiger partial charge in [-0.25, -0.2) is 4.79 Å². The molecule has 6 nitrogen and oxygen atoms in total. The molecule has 1 N–H and O–H groups in total. The summed E-state index contributed by atoms with van der Waals surface area (Å²) in [6.07, 6.45) is 2.18. The zero-order valence-corrected chi connectivity index (χ0v) is 18.3. The van der Waals surface area contributed by atoms with Gasteiger partial charge in [0.25, 0.3) is 0 Å². The summed E-state index contributed by atoms with van der Waals surface area (Å²) in [4.78, 5) is 29.5. The van der Waals surface area contributed by atoms with Crippen LogP contribution in [0.2, 0.25) is 0 Å². The van der Waals surface area contributed by atoms with E-state index in [-0.39, 0.29) is 24.0 Å². The van der Waals surface area contributed by atoms with Crippen molar-refractivity contribution < 1.29 is 14.3 Å². The first kappa shape index (κ1) is 21.2. The first-order valence-corrected chi connectivity index (χ1v) is 11.2. The van der Waals surface area contributed by atoms with Crippen molar-refractivity contribution in [2.75, 3.05) is 31.1 Å². The fourth-order valence-corrected chi connectivity index (χ4v) is 4.35. The lowest BCUT2D eigenvalue weighted by Crippen LogP contribution is -2.52. The molecule has 2 aromatic rings. The molecule has 4 rings (SSSR count). The second kappa shape index (κ2) is 9.41. The van der Waals surface area contributed by atoms with Gasteiger partial charge in [-0.1, -0.05) is 36.4 Å². The average molecular weight is 422 g/mol. The van der Waals surface area contributed by atoms with E-state index in [1.54, 1.807) is 0 Å². The number of rotatable bonds is 4. The van der Waals surface area contributed by atoms with Crippen LogP contribution in [0.4, 0.5) is 10.5 Å². The van der Waals surface area contributed by atoms with Gasteiger partial charge < -0.3 is 15.0 Å². The summed E-state index contributed by atoms with van der Waals surface area (Å²) >= 11 is 0. The number of ether oxygens (including phenoxy) is 1. The highest BCUT2D eigenvalue weighted by Crippen LogP contribution is 2.35. The maximum absolute atomic E-state index is 13.3. The third-order valence-electron chi connectivity index (χ3n) is 6.10. The zero-order valence-electron chi connectivity index (χ0n) is 18.3. The number of hydrogen-bond acceptors (Lipinski definition) is 3. The number of fused-ring (bicyclic) bond motifs is 1. The zero-order chi connectivity index (χ0) is 21.8. The van der Waals surface area contributed by atoms with Crippen LogP contribution in [-0.4, -0.2) is 49.1 Å². The van der Waals surface area contributed by atoms with Crippen molar-refractivity contribution >= 4 is 17.6 Å². The Morgan fingerprint density at radius 3 is 2.58 bits per heavy atom. The molecule has 0 aromatic heterocycles. The van der Waals surface area contributed by atoms with Crippen molar-refractivity contribution in [3.05, 3.63) is 59.7 Å². The molecule has 0 aliphatic carbocycles. The fourth-order valence-electron chi connectivity index (χ4n) is 4.35. The predicted octanol–water partition coefficient (Wildman–Crippen LogP) is 3.77. The molecule has 1 fully saturated rings. The maximum Gasteiger partial charge on any atom is 0.324 e. The van der Waals surface area contributed by atoms with E-state index in [1.807, 2.05) is 60.0 Å². The summed E-state index contributed by atoms with van der Waals surface area (Å²) in [5.41, 5.74) is 3.16. The van der Waals surface area contributed by atoms with Crippen molar-refractivity contribution in [2.45, 2.75) is 39.2 Å². The summed E-state index contributed by atoms with van der Waals surface area (Å²) in [7, 11) is 0. The van der Waals surface area contributed by atoms with E-state index < -0.39 is 0 Å². The standard InChI is InChI=1S/C25H31N3O3/c1-18-8-9-23-22(16-18)28(17-19(2)31-23)25(30)27-14-11-21(12-15-27)24(29)26-13-10-20-6-4-3-5-7-20/h3-9,16,19,21H,10-15,17H2,1-2H3,(H,26,29). The Morgan fingerprint density at radius 1 is 1.10 bits per heavy atom. The van der Waals surface area contributed by atoms with Crippen LogP contribution in [-0.2, 0) is 11.2 Å². The molecule has 1 unspecified atom stereocenters. The van der Waals surface area contributed by atoms with Crippen LogP contribution in [0.25, 0.3) is 0 Å². The lowest BCUT2D eigenvalue weighted by atomic mass is 9.96. The van der Waals surface area contributed by atoms with E-state index in [4.69, 9.17) is 4.74 Å². The Morgan fingerprint density at radius 2 is 1.84 bits per heavy atom. The summed E-state index contributed by atoms with van der Waals surface area (Å²) in [6.45, 7) is 6.38. The molecule has 3 amide bonds. The SMILES string of the molecule is Cc1ccc2c(c1)N(C(=O)N1CCC(C(=O)NCCc3ccccc3)CC1)CC(C)O2. The number of aryl methyl sites for hydroxylation is 1. The highest BCUT2D eigenvalue weighted by Gasteiger charge is 2.33. The molecule has 0 spiro atoms. The van der Waals surface area contributed by atoms with Crippen LogP contribution < -0.4 is 15.0 Å². The van der Waals surface area contributed by atoms with E-state index in [9.17, 15) is 9.59 Å². The lowest BCUT2D eigenvalue weighted by Gasteiger charge is -2.39. The molecule has 31 heavy (non-hydrogen) atoms. The minimum Gasteiger partial charge on any atom is -0.487 e. The van der Waals surface area contributed by atoms with Crippen LogP contribution in [0.5, 0.6) is 5.75 Å². The number of carbonyl (C=O) groups is 2. The lowest BCUT2D eigenvalue weighted by molar-refractivity contribution is -0.126. The van der Waals surface area contributed by atoms with Crippen LogP contribution in [0.1, 0.15) is 30.9 Å². The summed E-state index contributed by atoms with van der Waals surface area (Å²) in [5.74, 6) is 0.826. The highest BCUT2D eigenvalue weighted by molar-refractivity contribution is 5.94. The van der Waals surface area contributed by atoms with E-state index >= 15 is 0 Å². The highest BCUT2D eigenvalue weighted by atomic mass is 16.5. The number of piperidine rings is 1. The molecule has 1 saturated heterocycles. The Labute approximate surface area is 184 Å². The van der Waals surface area contributed by atoms with Crippen LogP contribution >= 0.6 is 0 Å². The van der Waals surface area contributed by atoms with Gasteiger partial charge in [0.2, 0.25) is 5.91 Å². The van der Waals surface area contributed by atoms with Crippen molar-refractivity contribution in [3.63, 3.8) is 0 Å². The third kappa shape index (κ3) is 5.01. The van der Waals surface area contributed by atoms with Crippen molar-refractivity contribution in [3.8, 4) is 5.75 Å². The van der Waals surface area contributed by atoms with Gasteiger partial charge in [-0.15, -0.1) is 0 Å². The van der Waals surface area contributed by atoms with Gasteiger partial charge in [0.15, 0.2) is 0 Å². The van der Waals surface area contributed by atoms with E-state index in [0.29, 0.717) is 39.0 Å². The Bertz CT molecular complexity index is 923. The number of amides is 3. The Hall–Kier alpha value is -3.02. The second-order valence-electron chi connectivity index (χ2n) is 8.58. The molecule has 1 atom stereocenters. The minimum absolute atomic E-state index is 0.00457. The monoisotopic (exact) mass is 421 g/mol. The number of nitrogens with one attached hydrogen (secondary N) is 1. The van der Waals surface area contributed by atoms with E-state index in [1.165, 1.54) is 5.56 Å². The van der Waals surface area contributed by atoms with Crippen LogP contribution in [0, 0.1) is 12.8 Å². The van der Waals surface area contributed by atoms with E-state index in [2.05, 4.69) is 17.4 Å². The van der Waals surface area contributed by atoms with Gasteiger partial charge in [0.05, 0.1) is 12.2 Å². The molecular weight excluding hydrogens is 390 g/mol. The molecule has 2 aliphatic heterocycles. The number of likely N-dealkylation sites (tertiary alicyclic amines) is 1. The third-order valence-corrected chi connectivity index (χ3v) is 6.10. The fraction of sp³-hybridized carbons (Fsp3) is 0.440. The second-order valence-corrected chi connectivity index (χ2v) is 8.58. The van der Waals surface area contributed by atoms with Crippen molar-refractivity contribution in [1.82, 2.24) is 10.2 Å². The maximum atomic E-state index is 13.3. The predicted molar refractivity (Wildman–Crippen MR) is 121 cm³/mol. The summed E-state index contributed by atoms with van der Waals surface area (Å²) < 4.78 is 5.91. The number of nitrogens with zero attached hydrogens (tertiary/aromatic N) is 2. The molecular formula is C25H31N3O3. The summed E-state index contributed by atoms with van der Waals surface area (Å²) in [6, 6.07) is 16.1. The number of anilines is 1. The molecule has 0 bridgehead atoms. The molecule has 2 aromatic carbocycles. The number of benzene rings is 2. The Kier molecular flexibility index (Phi) is 6.44. The number of carbonyl (C=O) groups excluding carboxylic acids is 2. The van der Waals surface area contributed by atoms with Gasteiger partial charge in [0, 0.05) is 25.6 Å². The van der Waals surface area contributed by atoms with Gasteiger partial charge in [-0.05, 0) is 56.4 Å². The molecule has 164 valence electrons. The summed E-state index contributed by atoms with van der Waals surface area (Å²) in [5, 5.41) is 3.06. The average Bonchev–Trinajstić information content (AvgIpc) is 2.79. The van der Waals surface area contributed by atoms with Gasteiger partial charge >= 0.3 is 6.03 Å². The molecule has 2 aliphatic rings. The smallest absolute Gasteiger partial charge is 0.324 e. The van der Waals surface area contributed by atoms with Crippen LogP contribution in [0.3, 0.4) is 0 Å². The van der Waals surface area contributed by atoms with Gasteiger partial charge in [-0.2, -0.15) is 0 Å². The quantitative estimate of drug-likeness (QED) is 0.817. The number of hydrogen-bond donors (Lipinski definition) is 1. The minimum atomic E-state index is -0.0490. The van der Waals surface area contributed by atoms with E-state index in [0.717, 1.165) is 23.4 Å². The van der Waals surface area contributed by atoms with Gasteiger partial charge in [-0.3, -0.25) is 9.69 Å².